The van der Waals surface area contributed by atoms with Crippen LogP contribution in [0.3, 0.4) is 0 Å². The zero-order chi connectivity index (χ0) is 4.83. The fourth-order valence-corrected chi connectivity index (χ4v) is 0.455. The molecular formula is C5H11P. The first kappa shape index (κ1) is 6.17. The van der Waals surface area contributed by atoms with E-state index in [1.807, 2.05) is 5.82 Å². The van der Waals surface area contributed by atoms with Crippen molar-refractivity contribution in [2.75, 3.05) is 0 Å². The van der Waals surface area contributed by atoms with Gasteiger partial charge in [-0.25, -0.2) is 0 Å². The van der Waals surface area contributed by atoms with Crippen molar-refractivity contribution in [3.8, 4) is 0 Å². The quantitative estimate of drug-likeness (QED) is 0.469. The highest BCUT2D eigenvalue weighted by Crippen LogP contribution is 1.90. The van der Waals surface area contributed by atoms with Gasteiger partial charge in [-0.1, -0.05) is 25.2 Å². The molecule has 0 saturated carbocycles. The van der Waals surface area contributed by atoms with Gasteiger partial charge in [0.05, 0.1) is 0 Å². The van der Waals surface area contributed by atoms with E-state index in [9.17, 15) is 0 Å². The lowest BCUT2D eigenvalue weighted by Crippen LogP contribution is -1.54. The van der Waals surface area contributed by atoms with E-state index in [4.69, 9.17) is 0 Å². The molecule has 36 valence electrons. The maximum Gasteiger partial charge on any atom is -0.0350 e. The van der Waals surface area contributed by atoms with Crippen molar-refractivity contribution in [3.05, 3.63) is 11.9 Å². The molecule has 0 spiro atoms. The summed E-state index contributed by atoms with van der Waals surface area (Å²) in [6.45, 7) is 2.17. The molecule has 0 aromatic heterocycles. The van der Waals surface area contributed by atoms with Gasteiger partial charge in [-0.2, -0.15) is 0 Å². The molecule has 1 heteroatoms. The van der Waals surface area contributed by atoms with Crippen molar-refractivity contribution in [2.24, 2.45) is 0 Å². The molecule has 0 N–H and O–H groups in total. The van der Waals surface area contributed by atoms with Crippen LogP contribution < -0.4 is 0 Å². The van der Waals surface area contributed by atoms with Gasteiger partial charge in [-0.15, -0.1) is 9.24 Å². The Hall–Kier alpha value is 0.170. The smallest absolute Gasteiger partial charge is 0.0350 e. The normalized spacial score (nSPS) is 10.3. The molecule has 0 radical (unpaired) electrons. The van der Waals surface area contributed by atoms with E-state index in [0.717, 1.165) is 0 Å². The largest absolute Gasteiger partial charge is 0.114 e. The summed E-state index contributed by atoms with van der Waals surface area (Å²) in [7, 11) is 2.55. The van der Waals surface area contributed by atoms with Crippen LogP contribution in [0.1, 0.15) is 19.8 Å². The highest BCUT2D eigenvalue weighted by atomic mass is 31.0. The average molecular weight is 102 g/mol. The Morgan fingerprint density at radius 1 is 1.67 bits per heavy atom. The van der Waals surface area contributed by atoms with E-state index in [2.05, 4.69) is 22.2 Å². The summed E-state index contributed by atoms with van der Waals surface area (Å²) in [6, 6.07) is 0. The Bertz CT molecular complexity index is 39.2. The van der Waals surface area contributed by atoms with Crippen LogP contribution in [0.2, 0.25) is 0 Å². The first-order valence-corrected chi connectivity index (χ1v) is 2.95. The van der Waals surface area contributed by atoms with Gasteiger partial charge >= 0.3 is 0 Å². The van der Waals surface area contributed by atoms with E-state index in [1.54, 1.807) is 0 Å². The van der Waals surface area contributed by atoms with Gasteiger partial charge < -0.3 is 0 Å². The zero-order valence-corrected chi connectivity index (χ0v) is 5.30. The lowest BCUT2D eigenvalue weighted by Gasteiger charge is -1.76. The molecule has 0 fully saturated rings. The van der Waals surface area contributed by atoms with E-state index < -0.39 is 0 Å². The highest BCUT2D eigenvalue weighted by molar-refractivity contribution is 7.20. The van der Waals surface area contributed by atoms with Crippen molar-refractivity contribution in [3.63, 3.8) is 0 Å². The van der Waals surface area contributed by atoms with E-state index in [1.165, 1.54) is 12.8 Å². The molecule has 0 aromatic carbocycles. The maximum atomic E-state index is 2.55. The van der Waals surface area contributed by atoms with E-state index in [-0.39, 0.29) is 0 Å². The molecule has 0 amide bonds. The van der Waals surface area contributed by atoms with E-state index >= 15 is 0 Å². The van der Waals surface area contributed by atoms with E-state index in [0.29, 0.717) is 0 Å². The predicted octanol–water partition coefficient (Wildman–Crippen LogP) is 2.18. The number of allylic oxidation sites excluding steroid dienone is 1. The predicted molar refractivity (Wildman–Crippen MR) is 33.8 cm³/mol. The van der Waals surface area contributed by atoms with Crippen LogP contribution in [0.15, 0.2) is 11.9 Å². The van der Waals surface area contributed by atoms with Crippen molar-refractivity contribution >= 4 is 9.24 Å². The van der Waals surface area contributed by atoms with Gasteiger partial charge in [0, 0.05) is 0 Å². The average Bonchev–Trinajstić information content (AvgIpc) is 1.61. The molecule has 0 heterocycles. The topological polar surface area (TPSA) is 0 Å². The summed E-state index contributed by atoms with van der Waals surface area (Å²) in [4.78, 5) is 0. The van der Waals surface area contributed by atoms with Gasteiger partial charge in [0.25, 0.3) is 0 Å². The number of unbranched alkanes of at least 4 members (excludes halogenated alkanes) is 1. The third-order valence-electron chi connectivity index (χ3n) is 0.591. The zero-order valence-electron chi connectivity index (χ0n) is 4.15. The first-order chi connectivity index (χ1) is 2.91. The fourth-order valence-electron chi connectivity index (χ4n) is 0.263. The summed E-state index contributed by atoms with van der Waals surface area (Å²) in [5.74, 6) is 2.00. The van der Waals surface area contributed by atoms with Gasteiger partial charge in [0.2, 0.25) is 0 Å². The second-order valence-electron chi connectivity index (χ2n) is 1.22. The molecule has 0 rings (SSSR count). The molecule has 0 aliphatic heterocycles. The Morgan fingerprint density at radius 2 is 2.33 bits per heavy atom. The van der Waals surface area contributed by atoms with Crippen molar-refractivity contribution < 1.29 is 0 Å². The van der Waals surface area contributed by atoms with Crippen LogP contribution in [0.4, 0.5) is 0 Å². The molecule has 0 aliphatic carbocycles. The minimum Gasteiger partial charge on any atom is -0.114 e. The third-order valence-corrected chi connectivity index (χ3v) is 0.864. The van der Waals surface area contributed by atoms with Gasteiger partial charge in [0.1, 0.15) is 0 Å². The van der Waals surface area contributed by atoms with Crippen LogP contribution in [-0.4, -0.2) is 0 Å². The van der Waals surface area contributed by atoms with Crippen LogP contribution in [0.5, 0.6) is 0 Å². The summed E-state index contributed by atoms with van der Waals surface area (Å²) in [5, 5.41) is 0. The Morgan fingerprint density at radius 3 is 2.50 bits per heavy atom. The second-order valence-corrected chi connectivity index (χ2v) is 1.60. The van der Waals surface area contributed by atoms with Crippen molar-refractivity contribution in [1.82, 2.24) is 0 Å². The minimum absolute atomic E-state index is 1.21. The molecule has 0 bridgehead atoms. The molecule has 1 atom stereocenters. The monoisotopic (exact) mass is 102 g/mol. The van der Waals surface area contributed by atoms with Gasteiger partial charge in [0.15, 0.2) is 0 Å². The summed E-state index contributed by atoms with van der Waals surface area (Å²) in [6.07, 6.45) is 4.61. The van der Waals surface area contributed by atoms with Crippen molar-refractivity contribution in [2.45, 2.75) is 19.8 Å². The molecule has 1 unspecified atom stereocenters. The minimum atomic E-state index is 1.21. The Kier molecular flexibility index (Phi) is 5.32. The molecular weight excluding hydrogens is 91.0 g/mol. The fraction of sp³-hybridized carbons (Fsp3) is 0.600. The summed E-state index contributed by atoms with van der Waals surface area (Å²) >= 11 is 0. The van der Waals surface area contributed by atoms with Gasteiger partial charge in [-0.05, 0) is 6.42 Å². The SMILES string of the molecule is CCCC=CP. The van der Waals surface area contributed by atoms with Crippen LogP contribution >= 0.6 is 9.24 Å². The highest BCUT2D eigenvalue weighted by Gasteiger charge is 1.64. The standard InChI is InChI=1S/C5H11P/c1-2-3-4-5-6/h4-5H,2-3,6H2,1H3. The van der Waals surface area contributed by atoms with Crippen LogP contribution in [0, 0.1) is 0 Å². The number of hydrogen-bond acceptors (Lipinski definition) is 0. The molecule has 0 aliphatic rings. The van der Waals surface area contributed by atoms with Gasteiger partial charge in [-0.3, -0.25) is 0 Å². The molecule has 0 aromatic rings. The molecule has 0 saturated heterocycles. The summed E-state index contributed by atoms with van der Waals surface area (Å²) < 4.78 is 0. The number of rotatable bonds is 2. The third kappa shape index (κ3) is 4.17. The molecule has 0 nitrogen and oxygen atoms in total. The molecule has 6 heavy (non-hydrogen) atoms. The number of hydrogen-bond donors (Lipinski definition) is 0. The Labute approximate surface area is 41.8 Å². The Balaban J connectivity index is 2.66. The maximum absolute atomic E-state index is 2.55. The lowest BCUT2D eigenvalue weighted by atomic mass is 10.3. The second kappa shape index (κ2) is 5.17. The van der Waals surface area contributed by atoms with Crippen LogP contribution in [-0.2, 0) is 0 Å². The first-order valence-electron chi connectivity index (χ1n) is 2.28. The lowest BCUT2D eigenvalue weighted by molar-refractivity contribution is 0.960. The van der Waals surface area contributed by atoms with Crippen LogP contribution in [0.25, 0.3) is 0 Å². The van der Waals surface area contributed by atoms with Crippen molar-refractivity contribution in [1.29, 1.82) is 0 Å². The summed E-state index contributed by atoms with van der Waals surface area (Å²) in [5.41, 5.74) is 0.